The topological polar surface area (TPSA) is 47.7 Å². The Morgan fingerprint density at radius 2 is 2.00 bits per heavy atom. The molecule has 0 unspecified atom stereocenters. The van der Waals surface area contributed by atoms with E-state index >= 15 is 0 Å². The van der Waals surface area contributed by atoms with Crippen LogP contribution in [-0.4, -0.2) is 37.8 Å². The van der Waals surface area contributed by atoms with E-state index in [2.05, 4.69) is 9.64 Å². The van der Waals surface area contributed by atoms with Crippen LogP contribution in [0.3, 0.4) is 0 Å². The smallest absolute Gasteiger partial charge is 0.387 e. The van der Waals surface area contributed by atoms with Crippen LogP contribution in [0.1, 0.15) is 37.8 Å². The number of hydrogen-bond donors (Lipinski definition) is 1. The first-order valence-corrected chi connectivity index (χ1v) is 7.56. The van der Waals surface area contributed by atoms with Crippen molar-refractivity contribution in [2.45, 2.75) is 51.0 Å². The first kappa shape index (κ1) is 17.0. The van der Waals surface area contributed by atoms with Crippen LogP contribution in [0.25, 0.3) is 0 Å². The Morgan fingerprint density at radius 1 is 1.27 bits per heavy atom. The van der Waals surface area contributed by atoms with Gasteiger partial charge in [-0.25, -0.2) is 0 Å². The summed E-state index contributed by atoms with van der Waals surface area (Å²) in [4.78, 5) is 2.14. The van der Waals surface area contributed by atoms with Gasteiger partial charge in [0.1, 0.15) is 17.6 Å². The molecule has 22 heavy (non-hydrogen) atoms. The molecule has 0 radical (unpaired) electrons. The van der Waals surface area contributed by atoms with Crippen molar-refractivity contribution in [3.63, 3.8) is 0 Å². The van der Waals surface area contributed by atoms with E-state index in [9.17, 15) is 8.78 Å². The minimum atomic E-state index is -2.88. The third-order valence-electron chi connectivity index (χ3n) is 4.06. The molecule has 0 amide bonds. The van der Waals surface area contributed by atoms with Gasteiger partial charge in [0.05, 0.1) is 0 Å². The van der Waals surface area contributed by atoms with Gasteiger partial charge in [-0.15, -0.1) is 0 Å². The van der Waals surface area contributed by atoms with E-state index in [1.807, 2.05) is 14.1 Å². The van der Waals surface area contributed by atoms with Crippen LogP contribution in [-0.2, 0) is 0 Å². The number of halogens is 2. The van der Waals surface area contributed by atoms with Gasteiger partial charge in [0.15, 0.2) is 0 Å². The lowest BCUT2D eigenvalue weighted by Crippen LogP contribution is -2.38. The molecule has 6 heteroatoms. The van der Waals surface area contributed by atoms with Crippen molar-refractivity contribution in [2.75, 3.05) is 14.1 Å². The molecule has 0 aliphatic heterocycles. The molecule has 124 valence electrons. The van der Waals surface area contributed by atoms with Gasteiger partial charge in [-0.1, -0.05) is 6.07 Å². The van der Waals surface area contributed by atoms with Gasteiger partial charge in [0.25, 0.3) is 0 Å². The van der Waals surface area contributed by atoms with Gasteiger partial charge in [-0.05, 0) is 46.3 Å². The highest BCUT2D eigenvalue weighted by Gasteiger charge is 2.30. The van der Waals surface area contributed by atoms with Crippen LogP contribution < -0.4 is 15.2 Å². The largest absolute Gasteiger partial charge is 0.489 e. The number of nitrogens with zero attached hydrogens (tertiary/aromatic N) is 1. The lowest BCUT2D eigenvalue weighted by Gasteiger charge is -2.27. The standard InChI is InChI=1S/C16H24F2N2O2/c1-10(19)12-8-7-11(9-15(12)22-16(17)18)21-14-6-4-5-13(14)20(2)3/h7-10,13-14,16H,4-6,19H2,1-3H3/t10-,13-,14-/m0/s1. The van der Waals surface area contributed by atoms with E-state index in [0.717, 1.165) is 19.3 Å². The first-order valence-electron chi connectivity index (χ1n) is 7.56. The SMILES string of the molecule is C[C@H](N)c1ccc(O[C@H]2CCC[C@@H]2N(C)C)cc1OC(F)F. The molecule has 1 aliphatic rings. The van der Waals surface area contributed by atoms with E-state index in [4.69, 9.17) is 10.5 Å². The second-order valence-electron chi connectivity index (χ2n) is 5.98. The average Bonchev–Trinajstić information content (AvgIpc) is 2.86. The summed E-state index contributed by atoms with van der Waals surface area (Å²) in [5.41, 5.74) is 6.34. The first-order chi connectivity index (χ1) is 10.4. The highest BCUT2D eigenvalue weighted by molar-refractivity contribution is 5.42. The fourth-order valence-corrected chi connectivity index (χ4v) is 2.97. The minimum Gasteiger partial charge on any atom is -0.489 e. The summed E-state index contributed by atoms with van der Waals surface area (Å²) in [5.74, 6) is 0.626. The molecule has 1 fully saturated rings. The number of nitrogens with two attached hydrogens (primary N) is 1. The van der Waals surface area contributed by atoms with Crippen LogP contribution in [0.2, 0.25) is 0 Å². The summed E-state index contributed by atoms with van der Waals surface area (Å²) in [6.07, 6.45) is 3.21. The maximum Gasteiger partial charge on any atom is 0.387 e. The van der Waals surface area contributed by atoms with Crippen molar-refractivity contribution in [2.24, 2.45) is 5.73 Å². The van der Waals surface area contributed by atoms with Gasteiger partial charge in [0, 0.05) is 23.7 Å². The molecule has 3 atom stereocenters. The lowest BCUT2D eigenvalue weighted by molar-refractivity contribution is -0.0507. The highest BCUT2D eigenvalue weighted by Crippen LogP contribution is 2.33. The van der Waals surface area contributed by atoms with Gasteiger partial charge in [-0.2, -0.15) is 8.78 Å². The van der Waals surface area contributed by atoms with Crippen LogP contribution in [0.15, 0.2) is 18.2 Å². The zero-order chi connectivity index (χ0) is 16.3. The van der Waals surface area contributed by atoms with Crippen molar-refractivity contribution in [3.05, 3.63) is 23.8 Å². The Kier molecular flexibility index (Phi) is 5.58. The molecule has 1 saturated carbocycles. The highest BCUT2D eigenvalue weighted by atomic mass is 19.3. The lowest BCUT2D eigenvalue weighted by atomic mass is 10.1. The molecular formula is C16H24F2N2O2. The van der Waals surface area contributed by atoms with Crippen LogP contribution in [0, 0.1) is 0 Å². The van der Waals surface area contributed by atoms with Crippen molar-refractivity contribution < 1.29 is 18.3 Å². The molecule has 0 heterocycles. The minimum absolute atomic E-state index is 0.0653. The summed E-state index contributed by atoms with van der Waals surface area (Å²) < 4.78 is 35.7. The quantitative estimate of drug-likeness (QED) is 0.876. The molecule has 1 aromatic rings. The van der Waals surface area contributed by atoms with E-state index < -0.39 is 6.61 Å². The summed E-state index contributed by atoms with van der Waals surface area (Å²) in [7, 11) is 4.05. The van der Waals surface area contributed by atoms with E-state index in [-0.39, 0.29) is 17.9 Å². The molecule has 0 aromatic heterocycles. The van der Waals surface area contributed by atoms with E-state index in [1.165, 1.54) is 6.07 Å². The fraction of sp³-hybridized carbons (Fsp3) is 0.625. The molecule has 0 saturated heterocycles. The second-order valence-corrected chi connectivity index (χ2v) is 5.98. The summed E-state index contributed by atoms with van der Waals surface area (Å²) in [5, 5.41) is 0. The van der Waals surface area contributed by atoms with Gasteiger partial charge < -0.3 is 20.1 Å². The predicted octanol–water partition coefficient (Wildman–Crippen LogP) is 3.17. The molecule has 0 spiro atoms. The van der Waals surface area contributed by atoms with Gasteiger partial charge in [0.2, 0.25) is 0 Å². The van der Waals surface area contributed by atoms with Gasteiger partial charge >= 0.3 is 6.61 Å². The van der Waals surface area contributed by atoms with Crippen molar-refractivity contribution in [1.29, 1.82) is 0 Å². The molecular weight excluding hydrogens is 290 g/mol. The molecule has 2 rings (SSSR count). The maximum absolute atomic E-state index is 12.6. The molecule has 1 aromatic carbocycles. The number of alkyl halides is 2. The zero-order valence-corrected chi connectivity index (χ0v) is 13.3. The van der Waals surface area contributed by atoms with Crippen LogP contribution >= 0.6 is 0 Å². The Balaban J connectivity index is 2.17. The van der Waals surface area contributed by atoms with Crippen LogP contribution in [0.5, 0.6) is 11.5 Å². The van der Waals surface area contributed by atoms with E-state index in [1.54, 1.807) is 19.1 Å². The van der Waals surface area contributed by atoms with Gasteiger partial charge in [-0.3, -0.25) is 0 Å². The van der Waals surface area contributed by atoms with E-state index in [0.29, 0.717) is 17.4 Å². The average molecular weight is 314 g/mol. The second kappa shape index (κ2) is 7.24. The third-order valence-corrected chi connectivity index (χ3v) is 4.06. The van der Waals surface area contributed by atoms with Crippen LogP contribution in [0.4, 0.5) is 8.78 Å². The number of ether oxygens (including phenoxy) is 2. The fourth-order valence-electron chi connectivity index (χ4n) is 2.97. The number of rotatable bonds is 6. The Morgan fingerprint density at radius 3 is 2.59 bits per heavy atom. The molecule has 2 N–H and O–H groups in total. The Bertz CT molecular complexity index is 495. The number of hydrogen-bond acceptors (Lipinski definition) is 4. The molecule has 4 nitrogen and oxygen atoms in total. The predicted molar refractivity (Wildman–Crippen MR) is 81.4 cm³/mol. The molecule has 0 bridgehead atoms. The number of likely N-dealkylation sites (N-methyl/N-ethyl adjacent to an activating group) is 1. The summed E-state index contributed by atoms with van der Waals surface area (Å²) in [6.45, 7) is -1.15. The summed E-state index contributed by atoms with van der Waals surface area (Å²) >= 11 is 0. The van der Waals surface area contributed by atoms with Crippen molar-refractivity contribution >= 4 is 0 Å². The third kappa shape index (κ3) is 4.08. The normalized spacial score (nSPS) is 23.1. The summed E-state index contributed by atoms with van der Waals surface area (Å²) in [6, 6.07) is 4.92. The maximum atomic E-state index is 12.6. The Labute approximate surface area is 130 Å². The zero-order valence-electron chi connectivity index (χ0n) is 13.3. The number of benzene rings is 1. The Hall–Kier alpha value is -1.40. The monoisotopic (exact) mass is 314 g/mol. The van der Waals surface area contributed by atoms with Crippen molar-refractivity contribution in [1.82, 2.24) is 4.90 Å². The molecule has 1 aliphatic carbocycles. The van der Waals surface area contributed by atoms with Crippen molar-refractivity contribution in [3.8, 4) is 11.5 Å².